The summed E-state index contributed by atoms with van der Waals surface area (Å²) in [6.07, 6.45) is 2.52. The van der Waals surface area contributed by atoms with E-state index >= 15 is 0 Å². The van der Waals surface area contributed by atoms with Crippen LogP contribution in [0.1, 0.15) is 35.4 Å². The van der Waals surface area contributed by atoms with Crippen LogP contribution in [0.25, 0.3) is 10.2 Å². The third kappa shape index (κ3) is 5.12. The first-order valence-corrected chi connectivity index (χ1v) is 13.1. The summed E-state index contributed by atoms with van der Waals surface area (Å²) in [5, 5.41) is 7.81. The summed E-state index contributed by atoms with van der Waals surface area (Å²) in [5.74, 6) is -0.337. The number of amides is 2. The molecule has 2 N–H and O–H groups in total. The van der Waals surface area contributed by atoms with E-state index in [9.17, 15) is 18.0 Å². The van der Waals surface area contributed by atoms with Crippen LogP contribution in [-0.4, -0.2) is 49.2 Å². The molecule has 1 saturated heterocycles. The molecule has 1 fully saturated rings. The number of aromatic nitrogens is 1. The molecule has 8 nitrogen and oxygen atoms in total. The summed E-state index contributed by atoms with van der Waals surface area (Å²) in [6.45, 7) is 1.51. The first-order valence-electron chi connectivity index (χ1n) is 9.96. The van der Waals surface area contributed by atoms with E-state index in [2.05, 4.69) is 15.6 Å². The van der Waals surface area contributed by atoms with Crippen molar-refractivity contribution in [3.05, 3.63) is 40.6 Å². The molecule has 2 amide bonds. The predicted molar refractivity (Wildman–Crippen MR) is 122 cm³/mol. The van der Waals surface area contributed by atoms with Crippen molar-refractivity contribution in [1.82, 2.24) is 14.6 Å². The smallest absolute Gasteiger partial charge is 0.261 e. The lowest BCUT2D eigenvalue weighted by atomic mass is 10.3. The maximum atomic E-state index is 12.7. The summed E-state index contributed by atoms with van der Waals surface area (Å²) < 4.78 is 27.7. The Bertz CT molecular complexity index is 1180. The summed E-state index contributed by atoms with van der Waals surface area (Å²) in [4.78, 5) is 29.3. The van der Waals surface area contributed by atoms with E-state index in [-0.39, 0.29) is 23.1 Å². The van der Waals surface area contributed by atoms with Crippen LogP contribution in [0.5, 0.6) is 0 Å². The van der Waals surface area contributed by atoms with Gasteiger partial charge in [-0.1, -0.05) is 17.4 Å². The van der Waals surface area contributed by atoms with E-state index in [1.165, 1.54) is 27.0 Å². The third-order valence-electron chi connectivity index (χ3n) is 4.92. The number of thiophene rings is 1. The minimum Gasteiger partial charge on any atom is -0.351 e. The normalized spacial score (nSPS) is 14.7. The van der Waals surface area contributed by atoms with Crippen molar-refractivity contribution < 1.29 is 18.0 Å². The number of rotatable bonds is 8. The van der Waals surface area contributed by atoms with E-state index in [4.69, 9.17) is 0 Å². The molecule has 164 valence electrons. The second kappa shape index (κ2) is 9.43. The molecule has 0 radical (unpaired) electrons. The highest BCUT2D eigenvalue weighted by Crippen LogP contribution is 2.30. The summed E-state index contributed by atoms with van der Waals surface area (Å²) in [6, 6.07) is 8.43. The molecular weight excluding hydrogens is 456 g/mol. The number of benzene rings is 1. The molecule has 0 atom stereocenters. The average Bonchev–Trinajstić information content (AvgIpc) is 3.51. The lowest BCUT2D eigenvalue weighted by Gasteiger charge is -2.15. The molecule has 31 heavy (non-hydrogen) atoms. The van der Waals surface area contributed by atoms with Gasteiger partial charge < -0.3 is 10.6 Å². The van der Waals surface area contributed by atoms with Gasteiger partial charge in [-0.25, -0.2) is 13.4 Å². The Morgan fingerprint density at radius 3 is 2.71 bits per heavy atom. The van der Waals surface area contributed by atoms with E-state index in [1.54, 1.807) is 24.3 Å². The van der Waals surface area contributed by atoms with Gasteiger partial charge in [0.15, 0.2) is 5.13 Å². The number of fused-ring (bicyclic) bond motifs is 1. The zero-order valence-corrected chi connectivity index (χ0v) is 19.1. The molecule has 2 aromatic heterocycles. The van der Waals surface area contributed by atoms with Gasteiger partial charge in [-0.3, -0.25) is 9.59 Å². The van der Waals surface area contributed by atoms with Crippen molar-refractivity contribution in [2.75, 3.05) is 25.0 Å². The fourth-order valence-electron chi connectivity index (χ4n) is 3.32. The van der Waals surface area contributed by atoms with Crippen molar-refractivity contribution in [2.45, 2.75) is 30.6 Å². The zero-order valence-electron chi connectivity index (χ0n) is 16.7. The number of nitrogens with zero attached hydrogens (tertiary/aromatic N) is 2. The minimum absolute atomic E-state index is 0.138. The fourth-order valence-corrected chi connectivity index (χ4v) is 6.50. The van der Waals surface area contributed by atoms with Gasteiger partial charge in [-0.2, -0.15) is 4.31 Å². The van der Waals surface area contributed by atoms with Crippen LogP contribution in [0.3, 0.4) is 0 Å². The highest BCUT2D eigenvalue weighted by Gasteiger charge is 2.27. The van der Waals surface area contributed by atoms with Crippen molar-refractivity contribution in [3.63, 3.8) is 0 Å². The van der Waals surface area contributed by atoms with Gasteiger partial charge in [0.2, 0.25) is 15.9 Å². The average molecular weight is 479 g/mol. The molecule has 11 heteroatoms. The predicted octanol–water partition coefficient (Wildman–Crippen LogP) is 3.29. The zero-order chi connectivity index (χ0) is 21.8. The van der Waals surface area contributed by atoms with Gasteiger partial charge >= 0.3 is 0 Å². The van der Waals surface area contributed by atoms with E-state index in [0.29, 0.717) is 46.3 Å². The minimum atomic E-state index is -3.49. The number of carbonyl (C=O) groups excluding carboxylic acids is 2. The molecule has 3 aromatic rings. The molecule has 1 aliphatic heterocycles. The number of anilines is 1. The number of sulfonamides is 1. The van der Waals surface area contributed by atoms with Crippen LogP contribution in [0.2, 0.25) is 0 Å². The molecule has 4 rings (SSSR count). The Kier molecular flexibility index (Phi) is 6.65. The van der Waals surface area contributed by atoms with Crippen molar-refractivity contribution in [3.8, 4) is 0 Å². The second-order valence-electron chi connectivity index (χ2n) is 7.14. The maximum Gasteiger partial charge on any atom is 0.261 e. The maximum absolute atomic E-state index is 12.7. The van der Waals surface area contributed by atoms with Gasteiger partial charge in [0.05, 0.1) is 20.0 Å². The van der Waals surface area contributed by atoms with Gasteiger partial charge in [0.1, 0.15) is 0 Å². The Labute approximate surface area is 188 Å². The third-order valence-corrected chi connectivity index (χ3v) is 8.62. The molecule has 0 spiro atoms. The van der Waals surface area contributed by atoms with Crippen LogP contribution in [0, 0.1) is 0 Å². The van der Waals surface area contributed by atoms with Crippen LogP contribution >= 0.6 is 22.7 Å². The summed E-state index contributed by atoms with van der Waals surface area (Å²) in [5.41, 5.74) is 0.642. The highest BCUT2D eigenvalue weighted by molar-refractivity contribution is 7.89. The topological polar surface area (TPSA) is 108 Å². The number of hydrogen-bond acceptors (Lipinski definition) is 7. The van der Waals surface area contributed by atoms with E-state index in [1.807, 2.05) is 11.4 Å². The lowest BCUT2D eigenvalue weighted by Crippen LogP contribution is -2.27. The molecule has 0 bridgehead atoms. The second-order valence-corrected chi connectivity index (χ2v) is 11.1. The molecular formula is C20H22N4O4S3. The molecule has 1 aliphatic rings. The van der Waals surface area contributed by atoms with Gasteiger partial charge in [0.25, 0.3) is 5.91 Å². The summed E-state index contributed by atoms with van der Waals surface area (Å²) in [7, 11) is -3.49. The Hall–Kier alpha value is -2.34. The van der Waals surface area contributed by atoms with Gasteiger partial charge in [-0.05, 0) is 48.9 Å². The Balaban J connectivity index is 1.32. The van der Waals surface area contributed by atoms with Crippen LogP contribution in [0.15, 0.2) is 40.6 Å². The number of thiazole rings is 1. The first-order chi connectivity index (χ1) is 14.9. The van der Waals surface area contributed by atoms with Gasteiger partial charge in [-0.15, -0.1) is 11.3 Å². The number of nitrogens with one attached hydrogen (secondary N) is 2. The van der Waals surface area contributed by atoms with Crippen molar-refractivity contribution in [1.29, 1.82) is 0 Å². The van der Waals surface area contributed by atoms with Gasteiger partial charge in [0, 0.05) is 26.1 Å². The van der Waals surface area contributed by atoms with Crippen molar-refractivity contribution in [2.24, 2.45) is 0 Å². The quantitative estimate of drug-likeness (QED) is 0.483. The summed E-state index contributed by atoms with van der Waals surface area (Å²) >= 11 is 2.62. The van der Waals surface area contributed by atoms with E-state index in [0.717, 1.165) is 12.8 Å². The first kappa shape index (κ1) is 21.9. The SMILES string of the molecule is O=C(CCCNC(=O)c1cccs1)Nc1nc2ccc(S(=O)(=O)N3CCCC3)cc2s1. The van der Waals surface area contributed by atoms with Crippen molar-refractivity contribution >= 4 is 59.9 Å². The molecule has 1 aromatic carbocycles. The number of hydrogen-bond donors (Lipinski definition) is 2. The lowest BCUT2D eigenvalue weighted by molar-refractivity contribution is -0.116. The van der Waals surface area contributed by atoms with Crippen LogP contribution in [0.4, 0.5) is 5.13 Å². The fraction of sp³-hybridized carbons (Fsp3) is 0.350. The molecule has 0 aliphatic carbocycles. The van der Waals surface area contributed by atoms with Crippen LogP contribution in [-0.2, 0) is 14.8 Å². The molecule has 0 saturated carbocycles. The molecule has 0 unspecified atom stereocenters. The number of carbonyl (C=O) groups is 2. The standard InChI is InChI=1S/C20H22N4O4S3/c25-18(6-3-9-21-19(26)16-5-4-12-29-16)23-20-22-15-8-7-14(13-17(15)30-20)31(27,28)24-10-1-2-11-24/h4-5,7-8,12-13H,1-3,6,9-11H2,(H,21,26)(H,22,23,25). The molecule has 3 heterocycles. The Morgan fingerprint density at radius 1 is 1.16 bits per heavy atom. The largest absolute Gasteiger partial charge is 0.351 e. The monoisotopic (exact) mass is 478 g/mol. The Morgan fingerprint density at radius 2 is 1.97 bits per heavy atom. The van der Waals surface area contributed by atoms with Crippen LogP contribution < -0.4 is 10.6 Å². The van der Waals surface area contributed by atoms with E-state index < -0.39 is 10.0 Å². The highest BCUT2D eigenvalue weighted by atomic mass is 32.2.